The molecule has 1 aromatic carbocycles. The number of hydrogen-bond donors (Lipinski definition) is 2. The van der Waals surface area contributed by atoms with Crippen LogP contribution in [-0.2, 0) is 4.79 Å². The molecule has 2 heterocycles. The van der Waals surface area contributed by atoms with E-state index in [0.29, 0.717) is 11.0 Å². The van der Waals surface area contributed by atoms with E-state index in [0.717, 1.165) is 22.4 Å². The molecule has 0 saturated heterocycles. The summed E-state index contributed by atoms with van der Waals surface area (Å²) in [5.41, 5.74) is 3.82. The van der Waals surface area contributed by atoms with Crippen molar-refractivity contribution in [1.29, 1.82) is 0 Å². The largest absolute Gasteiger partial charge is 0.335 e. The number of rotatable bonds is 5. The molecule has 0 fully saturated rings. The summed E-state index contributed by atoms with van der Waals surface area (Å²) in [6.45, 7) is 3.99. The van der Waals surface area contributed by atoms with Crippen LogP contribution in [0, 0.1) is 13.8 Å². The summed E-state index contributed by atoms with van der Waals surface area (Å²) < 4.78 is 1.38. The topological polar surface area (TPSA) is 98.7 Å². The number of aryl methyl sites for hydroxylation is 1. The van der Waals surface area contributed by atoms with Gasteiger partial charge in [-0.3, -0.25) is 9.78 Å². The molecule has 0 spiro atoms. The zero-order valence-corrected chi connectivity index (χ0v) is 14.7. The van der Waals surface area contributed by atoms with E-state index in [-0.39, 0.29) is 11.7 Å². The van der Waals surface area contributed by atoms with Gasteiger partial charge in [-0.2, -0.15) is 0 Å². The lowest BCUT2D eigenvalue weighted by Gasteiger charge is -2.10. The molecule has 0 aliphatic heterocycles. The zero-order chi connectivity index (χ0) is 17.8. The normalized spacial score (nSPS) is 10.6. The Hall–Kier alpha value is -2.87. The number of pyridine rings is 1. The third-order valence-electron chi connectivity index (χ3n) is 3.81. The van der Waals surface area contributed by atoms with Crippen molar-refractivity contribution in [2.24, 2.45) is 0 Å². The number of nitrogen functional groups attached to an aromatic ring is 1. The first-order chi connectivity index (χ1) is 12.1. The predicted molar refractivity (Wildman–Crippen MR) is 98.7 cm³/mol. The number of amides is 1. The van der Waals surface area contributed by atoms with Crippen LogP contribution in [0.3, 0.4) is 0 Å². The lowest BCUT2D eigenvalue weighted by molar-refractivity contribution is -0.113. The van der Waals surface area contributed by atoms with Crippen LogP contribution in [0.4, 0.5) is 5.69 Å². The van der Waals surface area contributed by atoms with Crippen LogP contribution in [0.1, 0.15) is 11.1 Å². The van der Waals surface area contributed by atoms with Gasteiger partial charge in [0, 0.05) is 23.6 Å². The molecule has 3 rings (SSSR count). The minimum atomic E-state index is -0.118. The van der Waals surface area contributed by atoms with Gasteiger partial charge in [0.15, 0.2) is 5.82 Å². The minimum Gasteiger partial charge on any atom is -0.335 e. The maximum atomic E-state index is 12.2. The van der Waals surface area contributed by atoms with Crippen LogP contribution < -0.4 is 11.2 Å². The van der Waals surface area contributed by atoms with Crippen molar-refractivity contribution in [3.8, 4) is 11.4 Å². The summed E-state index contributed by atoms with van der Waals surface area (Å²) in [6, 6.07) is 9.42. The molecule has 0 atom stereocenters. The second-order valence-electron chi connectivity index (χ2n) is 5.50. The Kier molecular flexibility index (Phi) is 4.99. The summed E-state index contributed by atoms with van der Waals surface area (Å²) in [5, 5.41) is 11.5. The van der Waals surface area contributed by atoms with Gasteiger partial charge in [0.2, 0.25) is 11.1 Å². The molecule has 128 valence electrons. The fourth-order valence-corrected chi connectivity index (χ4v) is 2.93. The second-order valence-corrected chi connectivity index (χ2v) is 6.44. The number of nitrogens with two attached hydrogens (primary N) is 1. The van der Waals surface area contributed by atoms with Crippen molar-refractivity contribution in [1.82, 2.24) is 19.9 Å². The number of hydrogen-bond acceptors (Lipinski definition) is 6. The zero-order valence-electron chi connectivity index (χ0n) is 13.9. The molecule has 3 N–H and O–H groups in total. The van der Waals surface area contributed by atoms with Gasteiger partial charge in [0.1, 0.15) is 0 Å². The van der Waals surface area contributed by atoms with E-state index >= 15 is 0 Å². The van der Waals surface area contributed by atoms with Crippen LogP contribution in [-0.4, -0.2) is 31.5 Å². The van der Waals surface area contributed by atoms with Crippen LogP contribution in [0.15, 0.2) is 47.9 Å². The van der Waals surface area contributed by atoms with Crippen molar-refractivity contribution in [3.05, 3.63) is 53.9 Å². The molecule has 1 amide bonds. The molecular weight excluding hydrogens is 336 g/mol. The molecule has 25 heavy (non-hydrogen) atoms. The van der Waals surface area contributed by atoms with E-state index in [1.807, 2.05) is 32.0 Å². The summed E-state index contributed by atoms with van der Waals surface area (Å²) in [7, 11) is 0. The summed E-state index contributed by atoms with van der Waals surface area (Å²) in [4.78, 5) is 16.2. The third kappa shape index (κ3) is 3.80. The fraction of sp³-hybridized carbons (Fsp3) is 0.176. The number of aromatic nitrogens is 4. The molecule has 0 aliphatic rings. The molecule has 0 aliphatic carbocycles. The van der Waals surface area contributed by atoms with Crippen molar-refractivity contribution in [3.63, 3.8) is 0 Å². The highest BCUT2D eigenvalue weighted by Gasteiger charge is 2.14. The van der Waals surface area contributed by atoms with Crippen LogP contribution in [0.25, 0.3) is 11.4 Å². The van der Waals surface area contributed by atoms with Crippen molar-refractivity contribution in [2.45, 2.75) is 19.0 Å². The van der Waals surface area contributed by atoms with Crippen LogP contribution in [0.5, 0.6) is 0 Å². The number of benzene rings is 1. The van der Waals surface area contributed by atoms with Gasteiger partial charge in [-0.25, -0.2) is 4.68 Å². The van der Waals surface area contributed by atoms with Gasteiger partial charge in [-0.1, -0.05) is 23.9 Å². The standard InChI is InChI=1S/C17H18N6OS/c1-11-4-3-5-14(12(11)2)20-15(24)10-25-17-22-21-16(23(17)18)13-6-8-19-9-7-13/h3-9H,10,18H2,1-2H3,(H,20,24). The maximum absolute atomic E-state index is 12.2. The molecule has 0 unspecified atom stereocenters. The number of anilines is 1. The smallest absolute Gasteiger partial charge is 0.234 e. The van der Waals surface area contributed by atoms with E-state index in [2.05, 4.69) is 20.5 Å². The second kappa shape index (κ2) is 7.35. The molecule has 0 bridgehead atoms. The van der Waals surface area contributed by atoms with Gasteiger partial charge in [0.25, 0.3) is 0 Å². The third-order valence-corrected chi connectivity index (χ3v) is 4.76. The number of carbonyl (C=O) groups is 1. The summed E-state index contributed by atoms with van der Waals surface area (Å²) in [6.07, 6.45) is 3.32. The Balaban J connectivity index is 1.65. The maximum Gasteiger partial charge on any atom is 0.234 e. The van der Waals surface area contributed by atoms with Gasteiger partial charge in [0.05, 0.1) is 5.75 Å². The van der Waals surface area contributed by atoms with E-state index in [9.17, 15) is 4.79 Å². The first-order valence-electron chi connectivity index (χ1n) is 7.66. The monoisotopic (exact) mass is 354 g/mol. The number of carbonyl (C=O) groups excluding carboxylic acids is 1. The van der Waals surface area contributed by atoms with Crippen molar-refractivity contribution in [2.75, 3.05) is 16.9 Å². The fourth-order valence-electron chi connectivity index (χ4n) is 2.28. The number of nitrogens with zero attached hydrogens (tertiary/aromatic N) is 4. The Labute approximate surface area is 149 Å². The SMILES string of the molecule is Cc1cccc(NC(=O)CSc2nnc(-c3ccncc3)n2N)c1C. The Morgan fingerprint density at radius 1 is 1.20 bits per heavy atom. The van der Waals surface area contributed by atoms with Gasteiger partial charge >= 0.3 is 0 Å². The van der Waals surface area contributed by atoms with Crippen LogP contribution in [0.2, 0.25) is 0 Å². The summed E-state index contributed by atoms with van der Waals surface area (Å²) in [5.74, 6) is 6.64. The van der Waals surface area contributed by atoms with Gasteiger partial charge in [-0.05, 0) is 43.2 Å². The molecular formula is C17H18N6OS. The number of thioether (sulfide) groups is 1. The molecule has 8 heteroatoms. The first-order valence-corrected chi connectivity index (χ1v) is 8.64. The lowest BCUT2D eigenvalue weighted by Crippen LogP contribution is -2.17. The highest BCUT2D eigenvalue weighted by Crippen LogP contribution is 2.22. The van der Waals surface area contributed by atoms with E-state index in [4.69, 9.17) is 5.84 Å². The average Bonchev–Trinajstić information content (AvgIpc) is 2.99. The first kappa shape index (κ1) is 17.0. The predicted octanol–water partition coefficient (Wildman–Crippen LogP) is 2.40. The van der Waals surface area contributed by atoms with Crippen molar-refractivity contribution < 1.29 is 4.79 Å². The highest BCUT2D eigenvalue weighted by atomic mass is 32.2. The van der Waals surface area contributed by atoms with Crippen LogP contribution >= 0.6 is 11.8 Å². The molecule has 2 aromatic heterocycles. The van der Waals surface area contributed by atoms with Gasteiger partial charge in [-0.15, -0.1) is 10.2 Å². The van der Waals surface area contributed by atoms with Gasteiger partial charge < -0.3 is 11.2 Å². The molecule has 7 nitrogen and oxygen atoms in total. The van der Waals surface area contributed by atoms with Crippen molar-refractivity contribution >= 4 is 23.4 Å². The minimum absolute atomic E-state index is 0.118. The summed E-state index contributed by atoms with van der Waals surface area (Å²) >= 11 is 1.24. The Morgan fingerprint density at radius 3 is 2.72 bits per heavy atom. The Morgan fingerprint density at radius 2 is 1.96 bits per heavy atom. The molecule has 0 radical (unpaired) electrons. The number of nitrogens with one attached hydrogen (secondary N) is 1. The average molecular weight is 354 g/mol. The van der Waals surface area contributed by atoms with E-state index in [1.54, 1.807) is 24.5 Å². The highest BCUT2D eigenvalue weighted by molar-refractivity contribution is 7.99. The lowest BCUT2D eigenvalue weighted by atomic mass is 10.1. The molecule has 3 aromatic rings. The van der Waals surface area contributed by atoms with E-state index in [1.165, 1.54) is 16.4 Å². The quantitative estimate of drug-likeness (QED) is 0.539. The Bertz CT molecular complexity index is 893. The molecule has 0 saturated carbocycles. The van der Waals surface area contributed by atoms with E-state index < -0.39 is 0 Å².